The van der Waals surface area contributed by atoms with Crippen LogP contribution in [-0.2, 0) is 19.1 Å². The first-order chi connectivity index (χ1) is 6.94. The van der Waals surface area contributed by atoms with Crippen LogP contribution in [0, 0.1) is 0 Å². The third-order valence-electron chi connectivity index (χ3n) is 1.68. The van der Waals surface area contributed by atoms with Gasteiger partial charge in [0, 0.05) is 0 Å². The highest BCUT2D eigenvalue weighted by Gasteiger charge is 2.27. The second-order valence-electron chi connectivity index (χ2n) is 3.03. The molecule has 0 fully saturated rings. The highest BCUT2D eigenvalue weighted by molar-refractivity contribution is 5.82. The van der Waals surface area contributed by atoms with Crippen molar-refractivity contribution in [2.45, 2.75) is 33.2 Å². The highest BCUT2D eigenvalue weighted by atomic mass is 16.6. The Labute approximate surface area is 91.1 Å². The predicted molar refractivity (Wildman–Crippen MR) is 57.5 cm³/mol. The van der Waals surface area contributed by atoms with E-state index in [0.29, 0.717) is 0 Å². The van der Waals surface area contributed by atoms with E-state index in [1.54, 1.807) is 20.9 Å². The Morgan fingerprint density at radius 1 is 1.27 bits per heavy atom. The fourth-order valence-electron chi connectivity index (χ4n) is 0.466. The Balaban J connectivity index is 0. The van der Waals surface area contributed by atoms with Gasteiger partial charge in [0.05, 0.1) is 7.11 Å². The Morgan fingerprint density at radius 3 is 2.07 bits per heavy atom. The van der Waals surface area contributed by atoms with Crippen molar-refractivity contribution in [3.8, 4) is 0 Å². The van der Waals surface area contributed by atoms with E-state index in [2.05, 4.69) is 14.8 Å². The van der Waals surface area contributed by atoms with Gasteiger partial charge in [-0.05, 0) is 20.9 Å². The summed E-state index contributed by atoms with van der Waals surface area (Å²) in [7, 11) is 2.87. The van der Waals surface area contributed by atoms with Crippen molar-refractivity contribution < 1.29 is 19.1 Å². The van der Waals surface area contributed by atoms with Crippen LogP contribution in [0.2, 0.25) is 0 Å². The van der Waals surface area contributed by atoms with E-state index >= 15 is 0 Å². The fourth-order valence-corrected chi connectivity index (χ4v) is 0.466. The molecule has 1 N–H and O–H groups in total. The number of carbonyl (C=O) groups excluding carboxylic acids is 2. The number of methoxy groups -OCH3 is 1. The first-order valence-corrected chi connectivity index (χ1v) is 4.87. The van der Waals surface area contributed by atoms with Gasteiger partial charge >= 0.3 is 11.9 Å². The molecule has 0 aliphatic rings. The van der Waals surface area contributed by atoms with Gasteiger partial charge in [0.15, 0.2) is 6.61 Å². The van der Waals surface area contributed by atoms with Crippen molar-refractivity contribution in [2.24, 2.45) is 0 Å². The van der Waals surface area contributed by atoms with Gasteiger partial charge in [-0.2, -0.15) is 0 Å². The van der Waals surface area contributed by atoms with Crippen molar-refractivity contribution in [2.75, 3.05) is 20.8 Å². The fraction of sp³-hybridized carbons (Fsp3) is 0.800. The Morgan fingerprint density at radius 2 is 1.73 bits per heavy atom. The zero-order valence-electron chi connectivity index (χ0n) is 10.3. The number of ether oxygens (including phenoxy) is 2. The van der Waals surface area contributed by atoms with Crippen molar-refractivity contribution >= 4 is 11.9 Å². The summed E-state index contributed by atoms with van der Waals surface area (Å²) in [6.45, 7) is 6.97. The van der Waals surface area contributed by atoms with Crippen molar-refractivity contribution in [1.29, 1.82) is 0 Å². The third kappa shape index (κ3) is 6.90. The van der Waals surface area contributed by atoms with Crippen molar-refractivity contribution in [3.05, 3.63) is 0 Å². The van der Waals surface area contributed by atoms with Gasteiger partial charge in [-0.3, -0.25) is 4.79 Å². The molecule has 0 aromatic carbocycles. The Kier molecular flexibility index (Phi) is 8.96. The summed E-state index contributed by atoms with van der Waals surface area (Å²) in [5, 5.41) is 2.76. The average Bonchev–Trinajstić information content (AvgIpc) is 2.27. The maximum atomic E-state index is 11.2. The van der Waals surface area contributed by atoms with E-state index in [9.17, 15) is 9.59 Å². The zero-order chi connectivity index (χ0) is 12.5. The standard InChI is InChI=1S/C8H15NO4.C2H6/c1-8(2,9-3)7(11)13-5-6(10)12-4;1-2/h9H,5H2,1-4H3;1-2H3. The molecule has 0 radical (unpaired) electrons. The molecule has 0 bridgehead atoms. The van der Waals surface area contributed by atoms with Gasteiger partial charge in [-0.25, -0.2) is 4.79 Å². The molecule has 90 valence electrons. The number of esters is 2. The summed E-state index contributed by atoms with van der Waals surface area (Å²) in [6.07, 6.45) is 0. The lowest BCUT2D eigenvalue weighted by Crippen LogP contribution is -2.46. The minimum Gasteiger partial charge on any atom is -0.466 e. The van der Waals surface area contributed by atoms with Crippen LogP contribution in [0.5, 0.6) is 0 Å². The predicted octanol–water partition coefficient (Wildman–Crippen LogP) is 0.727. The molecule has 0 saturated carbocycles. The van der Waals surface area contributed by atoms with E-state index in [4.69, 9.17) is 0 Å². The second kappa shape index (κ2) is 8.23. The average molecular weight is 219 g/mol. The summed E-state index contributed by atoms with van der Waals surface area (Å²) in [4.78, 5) is 21.8. The van der Waals surface area contributed by atoms with Crippen LogP contribution in [-0.4, -0.2) is 38.2 Å². The minimum atomic E-state index is -0.784. The molecule has 5 heteroatoms. The molecule has 0 aliphatic heterocycles. The molecular formula is C10H21NO4. The number of nitrogens with one attached hydrogen (secondary N) is 1. The summed E-state index contributed by atoms with van der Waals surface area (Å²) in [5.74, 6) is -1.05. The van der Waals surface area contributed by atoms with Crippen LogP contribution in [0.25, 0.3) is 0 Å². The second-order valence-corrected chi connectivity index (χ2v) is 3.03. The SMILES string of the molecule is CC.CNC(C)(C)C(=O)OCC(=O)OC. The minimum absolute atomic E-state index is 0.347. The van der Waals surface area contributed by atoms with Gasteiger partial charge in [0.2, 0.25) is 0 Å². The lowest BCUT2D eigenvalue weighted by molar-refractivity contribution is -0.160. The Hall–Kier alpha value is -1.10. The maximum Gasteiger partial charge on any atom is 0.344 e. The van der Waals surface area contributed by atoms with E-state index in [0.717, 1.165) is 0 Å². The molecule has 0 aliphatic carbocycles. The molecule has 0 aromatic heterocycles. The molecule has 0 atom stereocenters. The molecule has 0 saturated heterocycles. The van der Waals surface area contributed by atoms with Gasteiger partial charge in [-0.1, -0.05) is 13.8 Å². The largest absolute Gasteiger partial charge is 0.466 e. The van der Waals surface area contributed by atoms with E-state index in [1.165, 1.54) is 7.11 Å². The Bertz CT molecular complexity index is 202. The quantitative estimate of drug-likeness (QED) is 0.706. The highest BCUT2D eigenvalue weighted by Crippen LogP contribution is 2.03. The van der Waals surface area contributed by atoms with Gasteiger partial charge < -0.3 is 14.8 Å². The molecule has 15 heavy (non-hydrogen) atoms. The van der Waals surface area contributed by atoms with Crippen LogP contribution in [0.15, 0.2) is 0 Å². The summed E-state index contributed by atoms with van der Waals surface area (Å²) in [5.41, 5.74) is -0.784. The monoisotopic (exact) mass is 219 g/mol. The van der Waals surface area contributed by atoms with Gasteiger partial charge in [-0.15, -0.1) is 0 Å². The van der Waals surface area contributed by atoms with Gasteiger partial charge in [0.1, 0.15) is 5.54 Å². The molecule has 0 aromatic rings. The first-order valence-electron chi connectivity index (χ1n) is 4.87. The molecule has 0 unspecified atom stereocenters. The van der Waals surface area contributed by atoms with Crippen LogP contribution >= 0.6 is 0 Å². The van der Waals surface area contributed by atoms with E-state index in [-0.39, 0.29) is 6.61 Å². The lowest BCUT2D eigenvalue weighted by Gasteiger charge is -2.20. The molecule has 0 heterocycles. The van der Waals surface area contributed by atoms with E-state index < -0.39 is 17.5 Å². The van der Waals surface area contributed by atoms with Crippen LogP contribution in [0.3, 0.4) is 0 Å². The third-order valence-corrected chi connectivity index (χ3v) is 1.68. The topological polar surface area (TPSA) is 64.6 Å². The molecule has 5 nitrogen and oxygen atoms in total. The van der Waals surface area contributed by atoms with Crippen molar-refractivity contribution in [3.63, 3.8) is 0 Å². The van der Waals surface area contributed by atoms with E-state index in [1.807, 2.05) is 13.8 Å². The number of rotatable bonds is 4. The summed E-state index contributed by atoms with van der Waals surface area (Å²) >= 11 is 0. The number of carbonyl (C=O) groups is 2. The van der Waals surface area contributed by atoms with Crippen molar-refractivity contribution in [1.82, 2.24) is 5.32 Å². The van der Waals surface area contributed by atoms with Gasteiger partial charge in [0.25, 0.3) is 0 Å². The summed E-state index contributed by atoms with van der Waals surface area (Å²) < 4.78 is 8.98. The maximum absolute atomic E-state index is 11.2. The molecule has 0 rings (SSSR count). The zero-order valence-corrected chi connectivity index (χ0v) is 10.3. The molecule has 0 spiro atoms. The smallest absolute Gasteiger partial charge is 0.344 e. The lowest BCUT2D eigenvalue weighted by atomic mass is 10.1. The molecule has 0 amide bonds. The van der Waals surface area contributed by atoms with Crippen LogP contribution in [0.1, 0.15) is 27.7 Å². The normalized spacial score (nSPS) is 9.73. The van der Waals surface area contributed by atoms with Crippen LogP contribution in [0.4, 0.5) is 0 Å². The first kappa shape index (κ1) is 16.3. The number of hydrogen-bond donors (Lipinski definition) is 1. The molecular weight excluding hydrogens is 198 g/mol. The summed E-state index contributed by atoms with van der Waals surface area (Å²) in [6, 6.07) is 0. The van der Waals surface area contributed by atoms with Crippen LogP contribution < -0.4 is 5.32 Å². The number of hydrogen-bond acceptors (Lipinski definition) is 5. The number of likely N-dealkylation sites (N-methyl/N-ethyl adjacent to an activating group) is 1.